The van der Waals surface area contributed by atoms with Gasteiger partial charge in [0.2, 0.25) is 11.5 Å². The predicted octanol–water partition coefficient (Wildman–Crippen LogP) is 2.74. The van der Waals surface area contributed by atoms with Crippen molar-refractivity contribution in [1.29, 1.82) is 0 Å². The maximum atomic E-state index is 13.0. The minimum Gasteiger partial charge on any atom is -0.504 e. The van der Waals surface area contributed by atoms with Crippen molar-refractivity contribution in [3.8, 4) is 23.0 Å². The van der Waals surface area contributed by atoms with Gasteiger partial charge < -0.3 is 20.1 Å². The van der Waals surface area contributed by atoms with Gasteiger partial charge >= 0.3 is 0 Å². The molecule has 6 heteroatoms. The lowest BCUT2D eigenvalue weighted by Crippen LogP contribution is -2.22. The summed E-state index contributed by atoms with van der Waals surface area (Å²) in [5, 5.41) is 31.5. The summed E-state index contributed by atoms with van der Waals surface area (Å²) in [5.41, 5.74) is -0.361. The molecule has 0 heterocycles. The number of phenols is 3. The maximum Gasteiger partial charge on any atom is 0.205 e. The van der Waals surface area contributed by atoms with Crippen LogP contribution < -0.4 is 4.74 Å². The summed E-state index contributed by atoms with van der Waals surface area (Å²) < 4.78 is 5.01. The van der Waals surface area contributed by atoms with Crippen molar-refractivity contribution < 1.29 is 29.6 Å². The van der Waals surface area contributed by atoms with Crippen LogP contribution in [0.5, 0.6) is 23.0 Å². The molecule has 1 aliphatic carbocycles. The molecule has 0 bridgehead atoms. The summed E-state index contributed by atoms with van der Waals surface area (Å²) >= 11 is 0. The number of ether oxygens (including phenoxy) is 1. The second-order valence-corrected chi connectivity index (χ2v) is 5.73. The van der Waals surface area contributed by atoms with Gasteiger partial charge in [-0.05, 0) is 22.9 Å². The summed E-state index contributed by atoms with van der Waals surface area (Å²) in [6.45, 7) is 0. The molecule has 1 aliphatic rings. The van der Waals surface area contributed by atoms with E-state index in [1.165, 1.54) is 7.11 Å². The van der Waals surface area contributed by atoms with E-state index in [1.54, 1.807) is 18.2 Å². The van der Waals surface area contributed by atoms with Gasteiger partial charge in [-0.25, -0.2) is 0 Å². The molecule has 0 aromatic heterocycles. The van der Waals surface area contributed by atoms with Crippen molar-refractivity contribution in [3.05, 3.63) is 58.7 Å². The molecule has 124 valence electrons. The van der Waals surface area contributed by atoms with Gasteiger partial charge in [0, 0.05) is 11.1 Å². The van der Waals surface area contributed by atoms with Crippen molar-refractivity contribution in [3.63, 3.8) is 0 Å². The first-order valence-electron chi connectivity index (χ1n) is 7.42. The number of fused-ring (bicyclic) bond motifs is 3. The molecule has 0 aliphatic heterocycles. The number of benzene rings is 3. The number of hydrogen-bond donors (Lipinski definition) is 3. The summed E-state index contributed by atoms with van der Waals surface area (Å²) in [6.07, 6.45) is 0. The molecule has 3 aromatic carbocycles. The molecule has 4 rings (SSSR count). The van der Waals surface area contributed by atoms with E-state index >= 15 is 0 Å². The Morgan fingerprint density at radius 3 is 1.80 bits per heavy atom. The first-order chi connectivity index (χ1) is 12.0. The first kappa shape index (κ1) is 15.0. The Morgan fingerprint density at radius 1 is 0.760 bits per heavy atom. The Hall–Kier alpha value is -3.54. The minimum absolute atomic E-state index is 0.124. The van der Waals surface area contributed by atoms with Gasteiger partial charge in [-0.15, -0.1) is 0 Å². The predicted molar refractivity (Wildman–Crippen MR) is 88.8 cm³/mol. The fourth-order valence-electron chi connectivity index (χ4n) is 3.21. The number of hydrogen-bond acceptors (Lipinski definition) is 6. The zero-order chi connectivity index (χ0) is 17.9. The molecular weight excluding hydrogens is 324 g/mol. The van der Waals surface area contributed by atoms with Gasteiger partial charge in [0.1, 0.15) is 0 Å². The Kier molecular flexibility index (Phi) is 2.99. The largest absolute Gasteiger partial charge is 0.504 e. The SMILES string of the molecule is COc1c(O)c(O)c(O)c2c1C(=O)c1cc3ccccc3cc1C2=O. The zero-order valence-electron chi connectivity index (χ0n) is 13.0. The summed E-state index contributed by atoms with van der Waals surface area (Å²) in [4.78, 5) is 25.8. The first-order valence-corrected chi connectivity index (χ1v) is 7.42. The van der Waals surface area contributed by atoms with Gasteiger partial charge in [0.05, 0.1) is 18.2 Å². The topological polar surface area (TPSA) is 104 Å². The number of methoxy groups -OCH3 is 1. The minimum atomic E-state index is -0.902. The van der Waals surface area contributed by atoms with Crippen molar-refractivity contribution in [1.82, 2.24) is 0 Å². The summed E-state index contributed by atoms with van der Waals surface area (Å²) in [7, 11) is 1.19. The van der Waals surface area contributed by atoms with Gasteiger partial charge in [0.15, 0.2) is 23.1 Å². The molecule has 25 heavy (non-hydrogen) atoms. The molecule has 0 radical (unpaired) electrons. The number of ketones is 2. The van der Waals surface area contributed by atoms with E-state index in [4.69, 9.17) is 4.74 Å². The zero-order valence-corrected chi connectivity index (χ0v) is 13.0. The standard InChI is InChI=1S/C19H12O6/c1-25-19-13-12(16(22)17(23)18(19)24)14(20)10-6-8-4-2-3-5-9(8)7-11(10)15(13)21/h2-7,22-24H,1H3. The highest BCUT2D eigenvalue weighted by Gasteiger charge is 2.38. The van der Waals surface area contributed by atoms with Crippen LogP contribution in [0.25, 0.3) is 10.8 Å². The van der Waals surface area contributed by atoms with Crippen LogP contribution >= 0.6 is 0 Å². The van der Waals surface area contributed by atoms with E-state index in [1.807, 2.05) is 18.2 Å². The van der Waals surface area contributed by atoms with Crippen LogP contribution in [0.15, 0.2) is 36.4 Å². The number of carbonyl (C=O) groups excluding carboxylic acids is 2. The summed E-state index contributed by atoms with van der Waals surface area (Å²) in [6, 6.07) is 10.4. The van der Waals surface area contributed by atoms with Crippen molar-refractivity contribution >= 4 is 22.3 Å². The van der Waals surface area contributed by atoms with Crippen LogP contribution in [0.3, 0.4) is 0 Å². The van der Waals surface area contributed by atoms with Crippen molar-refractivity contribution in [2.75, 3.05) is 7.11 Å². The number of carbonyl (C=O) groups is 2. The maximum absolute atomic E-state index is 13.0. The van der Waals surface area contributed by atoms with Crippen LogP contribution in [-0.2, 0) is 0 Å². The Balaban J connectivity index is 2.12. The van der Waals surface area contributed by atoms with Crippen LogP contribution in [0.1, 0.15) is 31.8 Å². The van der Waals surface area contributed by atoms with E-state index in [9.17, 15) is 24.9 Å². The normalized spacial score (nSPS) is 12.8. The number of aromatic hydroxyl groups is 3. The third kappa shape index (κ3) is 1.85. The second kappa shape index (κ2) is 4.98. The van der Waals surface area contributed by atoms with Crippen LogP contribution in [0.2, 0.25) is 0 Å². The highest BCUT2D eigenvalue weighted by Crippen LogP contribution is 2.50. The molecule has 0 saturated carbocycles. The highest BCUT2D eigenvalue weighted by atomic mass is 16.5. The highest BCUT2D eigenvalue weighted by molar-refractivity contribution is 6.31. The Morgan fingerprint density at radius 2 is 1.28 bits per heavy atom. The van der Waals surface area contributed by atoms with E-state index in [0.717, 1.165) is 10.8 Å². The molecular formula is C19H12O6. The molecule has 0 amide bonds. The molecule has 0 saturated heterocycles. The lowest BCUT2D eigenvalue weighted by molar-refractivity contribution is 0.0973. The van der Waals surface area contributed by atoms with Crippen molar-refractivity contribution in [2.45, 2.75) is 0 Å². The van der Waals surface area contributed by atoms with E-state index < -0.39 is 28.8 Å². The molecule has 3 N–H and O–H groups in total. The van der Waals surface area contributed by atoms with Gasteiger partial charge in [-0.3, -0.25) is 9.59 Å². The summed E-state index contributed by atoms with van der Waals surface area (Å²) in [5.74, 6) is -4.07. The number of phenolic OH excluding ortho intramolecular Hbond substituents is 3. The second-order valence-electron chi connectivity index (χ2n) is 5.73. The molecule has 3 aromatic rings. The third-order valence-corrected chi connectivity index (χ3v) is 4.41. The molecule has 0 atom stereocenters. The van der Waals surface area contributed by atoms with Crippen LogP contribution in [-0.4, -0.2) is 34.0 Å². The molecule has 0 unspecified atom stereocenters. The lowest BCUT2D eigenvalue weighted by Gasteiger charge is -2.22. The fourth-order valence-corrected chi connectivity index (χ4v) is 3.21. The van der Waals surface area contributed by atoms with Gasteiger partial charge in [0.25, 0.3) is 0 Å². The van der Waals surface area contributed by atoms with Crippen molar-refractivity contribution in [2.24, 2.45) is 0 Å². The monoisotopic (exact) mass is 336 g/mol. The molecule has 0 spiro atoms. The van der Waals surface area contributed by atoms with E-state index in [0.29, 0.717) is 0 Å². The third-order valence-electron chi connectivity index (χ3n) is 4.41. The molecule has 0 fully saturated rings. The van der Waals surface area contributed by atoms with Gasteiger partial charge in [-0.2, -0.15) is 0 Å². The lowest BCUT2D eigenvalue weighted by atomic mass is 9.81. The average Bonchev–Trinajstić information content (AvgIpc) is 2.63. The Labute approximate surface area is 141 Å². The fraction of sp³-hybridized carbons (Fsp3) is 0.0526. The van der Waals surface area contributed by atoms with Crippen LogP contribution in [0, 0.1) is 0 Å². The average molecular weight is 336 g/mol. The van der Waals surface area contributed by atoms with E-state index in [2.05, 4.69) is 0 Å². The van der Waals surface area contributed by atoms with Crippen LogP contribution in [0.4, 0.5) is 0 Å². The van der Waals surface area contributed by atoms with Gasteiger partial charge in [-0.1, -0.05) is 24.3 Å². The van der Waals surface area contributed by atoms with E-state index in [-0.39, 0.29) is 28.0 Å². The smallest absolute Gasteiger partial charge is 0.205 e. The number of rotatable bonds is 1. The molecule has 6 nitrogen and oxygen atoms in total. The quantitative estimate of drug-likeness (QED) is 0.462. The Bertz CT molecular complexity index is 1100.